The molecule has 0 saturated carbocycles. The number of carbonyl (C=O) groups is 1. The Labute approximate surface area is 140 Å². The van der Waals surface area contributed by atoms with E-state index >= 15 is 0 Å². The lowest BCUT2D eigenvalue weighted by atomic mass is 10.0. The molecular weight excluding hydrogens is 306 g/mol. The number of anilines is 1. The Kier molecular flexibility index (Phi) is 4.04. The number of aromatic nitrogens is 1. The third-order valence-corrected chi connectivity index (χ3v) is 5.76. The number of fused-ring (bicyclic) bond motifs is 1. The molecule has 0 radical (unpaired) electrons. The van der Waals surface area contributed by atoms with Gasteiger partial charge in [0.15, 0.2) is 5.13 Å². The van der Waals surface area contributed by atoms with Crippen LogP contribution in [0.15, 0.2) is 29.6 Å². The van der Waals surface area contributed by atoms with Gasteiger partial charge in [-0.05, 0) is 36.8 Å². The SMILES string of the molecule is O=C(NCc1csc(N2CCCC2)n1)[C@H]1CCc2ccccc21. The van der Waals surface area contributed by atoms with Crippen molar-refractivity contribution in [3.63, 3.8) is 0 Å². The molecule has 2 aromatic rings. The van der Waals surface area contributed by atoms with Crippen molar-refractivity contribution >= 4 is 22.4 Å². The van der Waals surface area contributed by atoms with Gasteiger partial charge in [0, 0.05) is 18.5 Å². The highest BCUT2D eigenvalue weighted by atomic mass is 32.1. The molecule has 23 heavy (non-hydrogen) atoms. The molecule has 1 N–H and O–H groups in total. The van der Waals surface area contributed by atoms with Gasteiger partial charge in [-0.25, -0.2) is 4.98 Å². The Hall–Kier alpha value is -1.88. The van der Waals surface area contributed by atoms with E-state index < -0.39 is 0 Å². The minimum Gasteiger partial charge on any atom is -0.350 e. The minimum absolute atomic E-state index is 0.00267. The summed E-state index contributed by atoms with van der Waals surface area (Å²) in [5.74, 6) is 0.133. The molecule has 0 spiro atoms. The van der Waals surface area contributed by atoms with Crippen molar-refractivity contribution in [1.29, 1.82) is 0 Å². The molecule has 2 heterocycles. The summed E-state index contributed by atoms with van der Waals surface area (Å²) in [5, 5.41) is 6.23. The van der Waals surface area contributed by atoms with Crippen molar-refractivity contribution in [3.05, 3.63) is 46.5 Å². The van der Waals surface area contributed by atoms with Crippen molar-refractivity contribution < 1.29 is 4.79 Å². The number of nitrogens with zero attached hydrogens (tertiary/aromatic N) is 2. The van der Waals surface area contributed by atoms with Crippen LogP contribution < -0.4 is 10.2 Å². The van der Waals surface area contributed by atoms with Gasteiger partial charge in [-0.1, -0.05) is 24.3 Å². The number of amides is 1. The Balaban J connectivity index is 1.37. The Morgan fingerprint density at radius 1 is 1.30 bits per heavy atom. The average Bonchev–Trinajstić information content (AvgIpc) is 3.31. The van der Waals surface area contributed by atoms with Gasteiger partial charge in [0.25, 0.3) is 0 Å². The monoisotopic (exact) mass is 327 g/mol. The third-order valence-electron chi connectivity index (χ3n) is 4.81. The van der Waals surface area contributed by atoms with E-state index in [1.54, 1.807) is 11.3 Å². The van der Waals surface area contributed by atoms with Gasteiger partial charge in [-0.15, -0.1) is 11.3 Å². The van der Waals surface area contributed by atoms with Crippen LogP contribution in [0.3, 0.4) is 0 Å². The highest BCUT2D eigenvalue weighted by Crippen LogP contribution is 2.33. The molecule has 120 valence electrons. The molecule has 1 atom stereocenters. The van der Waals surface area contributed by atoms with Crippen LogP contribution in [0.5, 0.6) is 0 Å². The zero-order valence-electron chi connectivity index (χ0n) is 13.1. The fraction of sp³-hybridized carbons (Fsp3) is 0.444. The number of aryl methyl sites for hydroxylation is 1. The van der Waals surface area contributed by atoms with Gasteiger partial charge in [0.05, 0.1) is 18.2 Å². The summed E-state index contributed by atoms with van der Waals surface area (Å²) >= 11 is 1.68. The van der Waals surface area contributed by atoms with Crippen molar-refractivity contribution in [2.24, 2.45) is 0 Å². The maximum absolute atomic E-state index is 12.5. The van der Waals surface area contributed by atoms with E-state index in [4.69, 9.17) is 0 Å². The molecule has 1 saturated heterocycles. The predicted molar refractivity (Wildman–Crippen MR) is 92.9 cm³/mol. The first-order chi connectivity index (χ1) is 11.3. The first-order valence-corrected chi connectivity index (χ1v) is 9.24. The van der Waals surface area contributed by atoms with Gasteiger partial charge in [0.2, 0.25) is 5.91 Å². The molecule has 1 amide bonds. The number of nitrogens with one attached hydrogen (secondary N) is 1. The summed E-state index contributed by atoms with van der Waals surface area (Å²) in [4.78, 5) is 19.5. The number of carbonyl (C=O) groups excluding carboxylic acids is 1. The molecule has 4 nitrogen and oxygen atoms in total. The van der Waals surface area contributed by atoms with E-state index in [1.165, 1.54) is 24.0 Å². The second-order valence-electron chi connectivity index (χ2n) is 6.32. The molecule has 2 aliphatic rings. The van der Waals surface area contributed by atoms with E-state index in [0.29, 0.717) is 6.54 Å². The van der Waals surface area contributed by atoms with Crippen LogP contribution in [0.1, 0.15) is 42.0 Å². The Morgan fingerprint density at radius 2 is 2.13 bits per heavy atom. The van der Waals surface area contributed by atoms with E-state index in [-0.39, 0.29) is 11.8 Å². The molecule has 1 aromatic carbocycles. The second kappa shape index (κ2) is 6.32. The zero-order chi connectivity index (χ0) is 15.6. The van der Waals surface area contributed by atoms with Crippen molar-refractivity contribution in [3.8, 4) is 0 Å². The number of thiazole rings is 1. The fourth-order valence-electron chi connectivity index (χ4n) is 3.56. The molecule has 1 aliphatic carbocycles. The van der Waals surface area contributed by atoms with Gasteiger partial charge < -0.3 is 10.2 Å². The number of hydrogen-bond donors (Lipinski definition) is 1. The molecule has 0 unspecified atom stereocenters. The topological polar surface area (TPSA) is 45.2 Å². The summed E-state index contributed by atoms with van der Waals surface area (Å²) in [7, 11) is 0. The van der Waals surface area contributed by atoms with Crippen LogP contribution in [0.2, 0.25) is 0 Å². The fourth-order valence-corrected chi connectivity index (χ4v) is 4.44. The predicted octanol–water partition coefficient (Wildman–Crippen LogP) is 3.09. The molecule has 1 fully saturated rings. The second-order valence-corrected chi connectivity index (χ2v) is 7.16. The van der Waals surface area contributed by atoms with E-state index in [2.05, 4.69) is 32.7 Å². The van der Waals surface area contributed by atoms with Crippen molar-refractivity contribution in [2.75, 3.05) is 18.0 Å². The summed E-state index contributed by atoms with van der Waals surface area (Å²) < 4.78 is 0. The minimum atomic E-state index is 0.00267. The first-order valence-electron chi connectivity index (χ1n) is 8.36. The highest BCUT2D eigenvalue weighted by Gasteiger charge is 2.28. The lowest BCUT2D eigenvalue weighted by Gasteiger charge is -2.13. The van der Waals surface area contributed by atoms with Gasteiger partial charge in [-0.2, -0.15) is 0 Å². The van der Waals surface area contributed by atoms with Crippen molar-refractivity contribution in [1.82, 2.24) is 10.3 Å². The van der Waals surface area contributed by atoms with E-state index in [0.717, 1.165) is 36.8 Å². The smallest absolute Gasteiger partial charge is 0.227 e. The Morgan fingerprint density at radius 3 is 3.00 bits per heavy atom. The molecule has 0 bridgehead atoms. The normalized spacial score (nSPS) is 19.8. The first kappa shape index (κ1) is 14.7. The third kappa shape index (κ3) is 2.98. The quantitative estimate of drug-likeness (QED) is 0.938. The zero-order valence-corrected chi connectivity index (χ0v) is 13.9. The van der Waals surface area contributed by atoms with Crippen LogP contribution in [0, 0.1) is 0 Å². The lowest BCUT2D eigenvalue weighted by molar-refractivity contribution is -0.122. The summed E-state index contributed by atoms with van der Waals surface area (Å²) in [6.45, 7) is 2.75. The van der Waals surface area contributed by atoms with Crippen LogP contribution in [0.4, 0.5) is 5.13 Å². The Bertz CT molecular complexity index is 706. The van der Waals surface area contributed by atoms with Crippen molar-refractivity contribution in [2.45, 2.75) is 38.1 Å². The lowest BCUT2D eigenvalue weighted by Crippen LogP contribution is -2.28. The maximum Gasteiger partial charge on any atom is 0.227 e. The largest absolute Gasteiger partial charge is 0.350 e. The number of rotatable bonds is 4. The molecule has 4 rings (SSSR count). The summed E-state index contributed by atoms with van der Waals surface area (Å²) in [6, 6.07) is 8.29. The van der Waals surface area contributed by atoms with Crippen LogP contribution in [-0.4, -0.2) is 24.0 Å². The average molecular weight is 327 g/mol. The number of hydrogen-bond acceptors (Lipinski definition) is 4. The van der Waals surface area contributed by atoms with E-state index in [1.807, 2.05) is 12.1 Å². The molecular formula is C18H21N3OS. The van der Waals surface area contributed by atoms with E-state index in [9.17, 15) is 4.79 Å². The number of benzene rings is 1. The molecule has 1 aromatic heterocycles. The van der Waals surface area contributed by atoms with Crippen LogP contribution in [-0.2, 0) is 17.8 Å². The maximum atomic E-state index is 12.5. The van der Waals surface area contributed by atoms with Gasteiger partial charge in [-0.3, -0.25) is 4.79 Å². The van der Waals surface area contributed by atoms with Crippen LogP contribution in [0.25, 0.3) is 0 Å². The van der Waals surface area contributed by atoms with Crippen LogP contribution >= 0.6 is 11.3 Å². The molecule has 5 heteroatoms. The summed E-state index contributed by atoms with van der Waals surface area (Å²) in [6.07, 6.45) is 4.44. The summed E-state index contributed by atoms with van der Waals surface area (Å²) in [5.41, 5.74) is 3.48. The standard InChI is InChI=1S/C18H21N3OS/c22-17(16-8-7-13-5-1-2-6-15(13)16)19-11-14-12-23-18(20-14)21-9-3-4-10-21/h1-2,5-6,12,16H,3-4,7-11H2,(H,19,22)/t16-/m0/s1. The van der Waals surface area contributed by atoms with Gasteiger partial charge >= 0.3 is 0 Å². The van der Waals surface area contributed by atoms with Gasteiger partial charge in [0.1, 0.15) is 0 Å². The highest BCUT2D eigenvalue weighted by molar-refractivity contribution is 7.13. The molecule has 1 aliphatic heterocycles.